The molecule has 0 bridgehead atoms. The maximum Gasteiger partial charge on any atom is 0.406 e. The molecule has 7 heteroatoms. The van der Waals surface area contributed by atoms with E-state index in [0.29, 0.717) is 15.0 Å². The molecule has 17 heavy (non-hydrogen) atoms. The topological polar surface area (TPSA) is 34.9 Å². The van der Waals surface area contributed by atoms with Gasteiger partial charge in [-0.15, -0.1) is 12.6 Å². The summed E-state index contributed by atoms with van der Waals surface area (Å²) in [6.45, 7) is -1.34. The lowest BCUT2D eigenvalue weighted by Crippen LogP contribution is -2.28. The molecule has 1 heterocycles. The quantitative estimate of drug-likeness (QED) is 0.798. The summed E-state index contributed by atoms with van der Waals surface area (Å²) in [5.74, 6) is 0. The van der Waals surface area contributed by atoms with E-state index in [0.717, 1.165) is 6.33 Å². The van der Waals surface area contributed by atoms with Gasteiger partial charge in [0.2, 0.25) is 0 Å². The average molecular weight is 260 g/mol. The van der Waals surface area contributed by atoms with Gasteiger partial charge in [-0.25, -0.2) is 4.98 Å². The van der Waals surface area contributed by atoms with E-state index in [1.54, 1.807) is 0 Å². The molecule has 3 nitrogen and oxygen atoms in total. The van der Waals surface area contributed by atoms with Crippen molar-refractivity contribution in [3.63, 3.8) is 0 Å². The fraction of sp³-hybridized carbons (Fsp3) is 0.200. The van der Waals surface area contributed by atoms with Crippen LogP contribution in [0.15, 0.2) is 34.2 Å². The largest absolute Gasteiger partial charge is 0.406 e. The van der Waals surface area contributed by atoms with Gasteiger partial charge in [0.05, 0.1) is 17.2 Å². The third kappa shape index (κ3) is 2.60. The van der Waals surface area contributed by atoms with Crippen molar-refractivity contribution in [2.75, 3.05) is 0 Å². The molecule has 0 unspecified atom stereocenters. The molecule has 1 aromatic heterocycles. The molecule has 0 atom stereocenters. The summed E-state index contributed by atoms with van der Waals surface area (Å²) in [7, 11) is 0. The number of hydrogen-bond acceptors (Lipinski definition) is 3. The van der Waals surface area contributed by atoms with Crippen molar-refractivity contribution in [2.45, 2.75) is 17.6 Å². The predicted octanol–water partition coefficient (Wildman–Crippen LogP) is 2.25. The second kappa shape index (κ2) is 4.06. The molecule has 0 N–H and O–H groups in total. The van der Waals surface area contributed by atoms with Crippen LogP contribution >= 0.6 is 12.6 Å². The second-order valence-corrected chi connectivity index (χ2v) is 4.01. The first-order valence-electron chi connectivity index (χ1n) is 4.62. The van der Waals surface area contributed by atoms with E-state index in [9.17, 15) is 18.0 Å². The summed E-state index contributed by atoms with van der Waals surface area (Å²) >= 11 is 4.06. The average Bonchev–Trinajstić information content (AvgIpc) is 2.20. The number of alkyl halides is 3. The summed E-state index contributed by atoms with van der Waals surface area (Å²) in [4.78, 5) is 16.1. The Balaban J connectivity index is 2.59. The van der Waals surface area contributed by atoms with Crippen molar-refractivity contribution >= 4 is 23.5 Å². The standard InChI is InChI=1S/C10H7F3N2OS/c11-10(12,13)4-15-5-14-8-3-6(17)1-2-7(8)9(15)16/h1-3,5,17H,4H2. The van der Waals surface area contributed by atoms with Gasteiger partial charge in [-0.1, -0.05) is 0 Å². The fourth-order valence-electron chi connectivity index (χ4n) is 1.45. The van der Waals surface area contributed by atoms with Crippen LogP contribution in [0.1, 0.15) is 0 Å². The van der Waals surface area contributed by atoms with Gasteiger partial charge in [0, 0.05) is 4.90 Å². The van der Waals surface area contributed by atoms with Crippen molar-refractivity contribution in [1.82, 2.24) is 9.55 Å². The van der Waals surface area contributed by atoms with Crippen LogP contribution in [-0.2, 0) is 6.54 Å². The van der Waals surface area contributed by atoms with Crippen molar-refractivity contribution in [3.05, 3.63) is 34.9 Å². The molecule has 0 aliphatic heterocycles. The molecule has 1 aromatic carbocycles. The minimum absolute atomic E-state index is 0.148. The van der Waals surface area contributed by atoms with E-state index in [2.05, 4.69) is 17.6 Å². The molecular formula is C10H7F3N2OS. The number of aromatic nitrogens is 2. The number of fused-ring (bicyclic) bond motifs is 1. The van der Waals surface area contributed by atoms with Crippen LogP contribution in [0.2, 0.25) is 0 Å². The van der Waals surface area contributed by atoms with Crippen LogP contribution in [0.4, 0.5) is 13.2 Å². The molecule has 2 aromatic rings. The van der Waals surface area contributed by atoms with Crippen molar-refractivity contribution < 1.29 is 13.2 Å². The Morgan fingerprint density at radius 3 is 2.71 bits per heavy atom. The maximum atomic E-state index is 12.2. The molecule has 0 aliphatic rings. The lowest BCUT2D eigenvalue weighted by atomic mass is 10.2. The third-order valence-corrected chi connectivity index (χ3v) is 2.44. The van der Waals surface area contributed by atoms with Crippen LogP contribution in [0.3, 0.4) is 0 Å². The highest BCUT2D eigenvalue weighted by Crippen LogP contribution is 2.17. The second-order valence-electron chi connectivity index (χ2n) is 3.49. The van der Waals surface area contributed by atoms with Gasteiger partial charge in [-0.2, -0.15) is 13.2 Å². The smallest absolute Gasteiger partial charge is 0.290 e. The molecule has 0 spiro atoms. The first kappa shape index (κ1) is 12.0. The highest BCUT2D eigenvalue weighted by molar-refractivity contribution is 7.80. The number of benzene rings is 1. The van der Waals surface area contributed by atoms with Crippen LogP contribution in [0.5, 0.6) is 0 Å². The molecular weight excluding hydrogens is 253 g/mol. The zero-order valence-electron chi connectivity index (χ0n) is 8.40. The molecule has 2 rings (SSSR count). The molecule has 0 amide bonds. The van der Waals surface area contributed by atoms with E-state index in [4.69, 9.17) is 0 Å². The Morgan fingerprint density at radius 2 is 2.06 bits per heavy atom. The van der Waals surface area contributed by atoms with Crippen LogP contribution < -0.4 is 5.56 Å². The summed E-state index contributed by atoms with van der Waals surface area (Å²) < 4.78 is 37.1. The van der Waals surface area contributed by atoms with Gasteiger partial charge in [-0.05, 0) is 18.2 Å². The molecule has 0 fully saturated rings. The van der Waals surface area contributed by atoms with Gasteiger partial charge in [0.25, 0.3) is 5.56 Å². The third-order valence-electron chi connectivity index (χ3n) is 2.16. The minimum atomic E-state index is -4.44. The summed E-state index contributed by atoms with van der Waals surface area (Å²) in [6, 6.07) is 4.48. The fourth-order valence-corrected chi connectivity index (χ4v) is 1.65. The van der Waals surface area contributed by atoms with Gasteiger partial charge < -0.3 is 0 Å². The van der Waals surface area contributed by atoms with Crippen LogP contribution in [0, 0.1) is 0 Å². The molecule has 0 radical (unpaired) electrons. The number of nitrogens with zero attached hydrogens (tertiary/aromatic N) is 2. The van der Waals surface area contributed by atoms with Crippen LogP contribution in [0.25, 0.3) is 10.9 Å². The first-order valence-corrected chi connectivity index (χ1v) is 5.06. The Labute approximate surface area is 99.3 Å². The molecule has 0 saturated heterocycles. The minimum Gasteiger partial charge on any atom is -0.290 e. The highest BCUT2D eigenvalue weighted by atomic mass is 32.1. The number of rotatable bonds is 1. The highest BCUT2D eigenvalue weighted by Gasteiger charge is 2.28. The Bertz CT molecular complexity index is 621. The predicted molar refractivity (Wildman–Crippen MR) is 59.3 cm³/mol. The van der Waals surface area contributed by atoms with Gasteiger partial charge >= 0.3 is 6.18 Å². The van der Waals surface area contributed by atoms with Crippen LogP contribution in [-0.4, -0.2) is 15.7 Å². The van der Waals surface area contributed by atoms with E-state index < -0.39 is 18.3 Å². The van der Waals surface area contributed by atoms with Crippen molar-refractivity contribution in [3.8, 4) is 0 Å². The molecule has 0 saturated carbocycles. The van der Waals surface area contributed by atoms with Crippen molar-refractivity contribution in [2.24, 2.45) is 0 Å². The van der Waals surface area contributed by atoms with E-state index in [1.807, 2.05) is 0 Å². The van der Waals surface area contributed by atoms with Gasteiger partial charge in [0.15, 0.2) is 0 Å². The molecule has 90 valence electrons. The summed E-state index contributed by atoms with van der Waals surface area (Å²) in [5.41, 5.74) is -0.374. The Morgan fingerprint density at radius 1 is 1.35 bits per heavy atom. The molecule has 0 aliphatic carbocycles. The van der Waals surface area contributed by atoms with Gasteiger partial charge in [0.1, 0.15) is 6.54 Å². The number of thiol groups is 1. The van der Waals surface area contributed by atoms with E-state index in [-0.39, 0.29) is 5.39 Å². The SMILES string of the molecule is O=c1c2ccc(S)cc2ncn1CC(F)(F)F. The van der Waals surface area contributed by atoms with Gasteiger partial charge in [-0.3, -0.25) is 9.36 Å². The zero-order chi connectivity index (χ0) is 12.6. The zero-order valence-corrected chi connectivity index (χ0v) is 9.29. The van der Waals surface area contributed by atoms with E-state index >= 15 is 0 Å². The monoisotopic (exact) mass is 260 g/mol. The van der Waals surface area contributed by atoms with Crippen molar-refractivity contribution in [1.29, 1.82) is 0 Å². The number of hydrogen-bond donors (Lipinski definition) is 1. The summed E-state index contributed by atoms with van der Waals surface area (Å²) in [6.07, 6.45) is -3.55. The Hall–Kier alpha value is -1.50. The summed E-state index contributed by atoms with van der Waals surface area (Å²) in [5, 5.41) is 0.148. The normalized spacial score (nSPS) is 12.0. The lowest BCUT2D eigenvalue weighted by molar-refractivity contribution is -0.141. The first-order chi connectivity index (χ1) is 7.87. The lowest BCUT2D eigenvalue weighted by Gasteiger charge is -2.09. The maximum absolute atomic E-state index is 12.2. The number of halogens is 3. The Kier molecular flexibility index (Phi) is 2.86. The van der Waals surface area contributed by atoms with E-state index in [1.165, 1.54) is 18.2 Å².